The van der Waals surface area contributed by atoms with Gasteiger partial charge < -0.3 is 15.0 Å². The first kappa shape index (κ1) is 21.5. The van der Waals surface area contributed by atoms with Gasteiger partial charge in [-0.15, -0.1) is 0 Å². The molecule has 2 saturated heterocycles. The zero-order valence-corrected chi connectivity index (χ0v) is 18.3. The molecule has 8 heteroatoms. The van der Waals surface area contributed by atoms with Crippen molar-refractivity contribution in [1.82, 2.24) is 19.9 Å². The molecule has 2 atom stereocenters. The highest BCUT2D eigenvalue weighted by Crippen LogP contribution is 2.33. The van der Waals surface area contributed by atoms with E-state index in [0.29, 0.717) is 36.2 Å². The van der Waals surface area contributed by atoms with E-state index in [-0.39, 0.29) is 23.9 Å². The summed E-state index contributed by atoms with van der Waals surface area (Å²) in [7, 11) is 0. The Kier molecular flexibility index (Phi) is 6.26. The van der Waals surface area contributed by atoms with E-state index in [1.54, 1.807) is 24.5 Å². The van der Waals surface area contributed by atoms with Gasteiger partial charge in [0.2, 0.25) is 0 Å². The number of rotatable bonds is 5. The third-order valence-electron chi connectivity index (χ3n) is 6.09. The van der Waals surface area contributed by atoms with Crippen LogP contribution in [0.15, 0.2) is 54.9 Å². The molecule has 0 spiro atoms. The maximum Gasteiger partial charge on any atom is 0.252 e. The van der Waals surface area contributed by atoms with Gasteiger partial charge in [-0.1, -0.05) is 6.07 Å². The number of nitrogens with zero attached hydrogens (tertiary/aromatic N) is 4. The largest absolute Gasteiger partial charge is 0.368 e. The number of carbonyl (C=O) groups excluding carboxylic acids is 1. The molecule has 1 N–H and O–H groups in total. The molecule has 4 heterocycles. The van der Waals surface area contributed by atoms with Crippen LogP contribution in [0.25, 0.3) is 11.3 Å². The van der Waals surface area contributed by atoms with Gasteiger partial charge in [0.1, 0.15) is 17.7 Å². The number of hydrogen-bond acceptors (Lipinski definition) is 6. The Bertz CT molecular complexity index is 1120. The fourth-order valence-corrected chi connectivity index (χ4v) is 4.48. The number of benzene rings is 1. The van der Waals surface area contributed by atoms with E-state index in [0.717, 1.165) is 37.7 Å². The van der Waals surface area contributed by atoms with Crippen LogP contribution in [-0.4, -0.2) is 45.0 Å². The molecule has 0 unspecified atom stereocenters. The minimum absolute atomic E-state index is 0.0206. The molecule has 0 saturated carbocycles. The summed E-state index contributed by atoms with van der Waals surface area (Å²) in [4.78, 5) is 28.9. The first-order valence-corrected chi connectivity index (χ1v) is 11.4. The summed E-state index contributed by atoms with van der Waals surface area (Å²) in [6, 6.07) is 11.6. The van der Waals surface area contributed by atoms with Crippen LogP contribution in [0.3, 0.4) is 0 Å². The highest BCUT2D eigenvalue weighted by Gasteiger charge is 2.36. The molecule has 7 nitrogen and oxygen atoms in total. The number of piperidine rings is 1. The number of pyridine rings is 1. The van der Waals surface area contributed by atoms with Crippen molar-refractivity contribution >= 4 is 17.4 Å². The Hall–Kier alpha value is -3.39. The van der Waals surface area contributed by atoms with Gasteiger partial charge in [0, 0.05) is 42.9 Å². The van der Waals surface area contributed by atoms with E-state index in [2.05, 4.69) is 10.3 Å². The predicted octanol–water partition coefficient (Wildman–Crippen LogP) is 4.65. The first-order chi connectivity index (χ1) is 16.2. The lowest BCUT2D eigenvalue weighted by molar-refractivity contribution is -0.145. The third-order valence-corrected chi connectivity index (χ3v) is 6.09. The average molecular weight is 448 g/mol. The minimum atomic E-state index is -0.378. The van der Waals surface area contributed by atoms with E-state index in [4.69, 9.17) is 14.7 Å². The van der Waals surface area contributed by atoms with E-state index in [1.807, 2.05) is 23.1 Å². The summed E-state index contributed by atoms with van der Waals surface area (Å²) in [5.41, 5.74) is 2.13. The second-order valence-corrected chi connectivity index (χ2v) is 8.42. The van der Waals surface area contributed by atoms with Crippen molar-refractivity contribution in [2.45, 2.75) is 44.2 Å². The summed E-state index contributed by atoms with van der Waals surface area (Å²) >= 11 is 0. The fraction of sp³-hybridized carbons (Fsp3) is 0.360. The van der Waals surface area contributed by atoms with Crippen LogP contribution >= 0.6 is 0 Å². The molecule has 2 aliphatic rings. The normalized spacial score (nSPS) is 20.6. The number of aromatic nitrogens is 3. The molecule has 33 heavy (non-hydrogen) atoms. The third kappa shape index (κ3) is 4.85. The van der Waals surface area contributed by atoms with Crippen LogP contribution in [-0.2, 0) is 9.53 Å². The maximum atomic E-state index is 13.7. The van der Waals surface area contributed by atoms with Crippen LogP contribution in [0.4, 0.5) is 15.9 Å². The van der Waals surface area contributed by atoms with Gasteiger partial charge in [0.25, 0.3) is 5.91 Å². The molecule has 170 valence electrons. The molecule has 2 aliphatic heterocycles. The Balaban J connectivity index is 1.52. The minimum Gasteiger partial charge on any atom is -0.368 e. The van der Waals surface area contributed by atoms with Crippen molar-refractivity contribution in [1.29, 1.82) is 0 Å². The number of likely N-dealkylation sites (tertiary alicyclic amines) is 1. The summed E-state index contributed by atoms with van der Waals surface area (Å²) in [5, 5.41) is 3.19. The molecular formula is C25H26FN5O2. The number of hydrogen-bond donors (Lipinski definition) is 1. The van der Waals surface area contributed by atoms with E-state index >= 15 is 0 Å². The number of halogens is 1. The number of carbonyl (C=O) groups is 1. The van der Waals surface area contributed by atoms with Crippen molar-refractivity contribution < 1.29 is 13.9 Å². The van der Waals surface area contributed by atoms with E-state index in [1.165, 1.54) is 12.1 Å². The van der Waals surface area contributed by atoms with Gasteiger partial charge in [-0.05, 0) is 62.4 Å². The molecule has 5 rings (SSSR count). The molecule has 1 aromatic carbocycles. The smallest absolute Gasteiger partial charge is 0.252 e. The van der Waals surface area contributed by atoms with Crippen molar-refractivity contribution in [3.63, 3.8) is 0 Å². The molecule has 1 amide bonds. The molecule has 3 aromatic rings. The predicted molar refractivity (Wildman–Crippen MR) is 122 cm³/mol. The van der Waals surface area contributed by atoms with Crippen molar-refractivity contribution in [2.24, 2.45) is 0 Å². The zero-order valence-electron chi connectivity index (χ0n) is 18.3. The SMILES string of the molecule is O=C([C@H]1CCCO1)N1CCCC[C@@H]1c1nc(Nc2cccc(F)c2)cc(-c2cccnc2)n1. The van der Waals surface area contributed by atoms with Crippen LogP contribution in [0, 0.1) is 5.82 Å². The second kappa shape index (κ2) is 9.62. The van der Waals surface area contributed by atoms with Gasteiger partial charge in [0.05, 0.1) is 11.7 Å². The maximum absolute atomic E-state index is 13.7. The molecule has 0 radical (unpaired) electrons. The van der Waals surface area contributed by atoms with Gasteiger partial charge >= 0.3 is 0 Å². The van der Waals surface area contributed by atoms with Crippen molar-refractivity contribution in [3.05, 3.63) is 66.5 Å². The van der Waals surface area contributed by atoms with Gasteiger partial charge in [-0.25, -0.2) is 14.4 Å². The summed E-state index contributed by atoms with van der Waals surface area (Å²) in [6.07, 6.45) is 7.47. The van der Waals surface area contributed by atoms with E-state index in [9.17, 15) is 9.18 Å². The number of amides is 1. The molecule has 0 bridgehead atoms. The number of anilines is 2. The van der Waals surface area contributed by atoms with Gasteiger partial charge in [-0.3, -0.25) is 9.78 Å². The standard InChI is InChI=1S/C25H26FN5O2/c26-18-7-3-8-19(14-18)28-23-15-20(17-6-4-11-27-16-17)29-24(30-23)21-9-1-2-12-31(21)25(32)22-10-5-13-33-22/h3-4,6-8,11,14-16,21-22H,1-2,5,9-10,12-13H2,(H,28,29,30)/t21-,22-/m1/s1. The lowest BCUT2D eigenvalue weighted by atomic mass is 9.99. The lowest BCUT2D eigenvalue weighted by Crippen LogP contribution is -2.44. The topological polar surface area (TPSA) is 80.2 Å². The quantitative estimate of drug-likeness (QED) is 0.613. The molecular weight excluding hydrogens is 421 g/mol. The van der Waals surface area contributed by atoms with Crippen molar-refractivity contribution in [2.75, 3.05) is 18.5 Å². The molecule has 2 fully saturated rings. The van der Waals surface area contributed by atoms with Crippen LogP contribution in [0.5, 0.6) is 0 Å². The van der Waals surface area contributed by atoms with Crippen LogP contribution < -0.4 is 5.32 Å². The Morgan fingerprint density at radius 3 is 2.82 bits per heavy atom. The highest BCUT2D eigenvalue weighted by atomic mass is 19.1. The monoisotopic (exact) mass is 447 g/mol. The first-order valence-electron chi connectivity index (χ1n) is 11.4. The molecule has 2 aromatic heterocycles. The Labute approximate surface area is 192 Å². The highest BCUT2D eigenvalue weighted by molar-refractivity contribution is 5.81. The lowest BCUT2D eigenvalue weighted by Gasteiger charge is -2.36. The fourth-order valence-electron chi connectivity index (χ4n) is 4.48. The van der Waals surface area contributed by atoms with Crippen molar-refractivity contribution in [3.8, 4) is 11.3 Å². The number of nitrogens with one attached hydrogen (secondary N) is 1. The van der Waals surface area contributed by atoms with Crippen LogP contribution in [0.1, 0.15) is 44.0 Å². The summed E-state index contributed by atoms with van der Waals surface area (Å²) < 4.78 is 19.4. The Morgan fingerprint density at radius 1 is 1.09 bits per heavy atom. The zero-order chi connectivity index (χ0) is 22.6. The average Bonchev–Trinajstić information content (AvgIpc) is 3.39. The summed E-state index contributed by atoms with van der Waals surface area (Å²) in [5.74, 6) is 0.801. The Morgan fingerprint density at radius 2 is 2.03 bits per heavy atom. The van der Waals surface area contributed by atoms with E-state index < -0.39 is 0 Å². The second-order valence-electron chi connectivity index (χ2n) is 8.42. The summed E-state index contributed by atoms with van der Waals surface area (Å²) in [6.45, 7) is 1.29. The van der Waals surface area contributed by atoms with Gasteiger partial charge in [0.15, 0.2) is 5.82 Å². The van der Waals surface area contributed by atoms with Crippen LogP contribution in [0.2, 0.25) is 0 Å². The van der Waals surface area contributed by atoms with Gasteiger partial charge in [-0.2, -0.15) is 0 Å². The number of ether oxygens (including phenoxy) is 1. The molecule has 0 aliphatic carbocycles.